The van der Waals surface area contributed by atoms with Crippen LogP contribution in [0.1, 0.15) is 11.1 Å². The van der Waals surface area contributed by atoms with Crippen LogP contribution in [0.15, 0.2) is 85.3 Å². The number of aromatic nitrogens is 1. The number of hydrogen-bond acceptors (Lipinski definition) is 6. The van der Waals surface area contributed by atoms with Crippen molar-refractivity contribution in [2.75, 3.05) is 24.7 Å². The molecule has 166 valence electrons. The molecule has 0 amide bonds. The first-order valence-electron chi connectivity index (χ1n) is 10.2. The Labute approximate surface area is 189 Å². The largest absolute Gasteiger partial charge is 0.387 e. The van der Waals surface area contributed by atoms with E-state index in [2.05, 4.69) is 20.3 Å². The lowest BCUT2D eigenvalue weighted by molar-refractivity contribution is 0.588. The van der Waals surface area contributed by atoms with E-state index in [0.29, 0.717) is 23.5 Å². The van der Waals surface area contributed by atoms with E-state index in [9.17, 15) is 8.42 Å². The number of nitrogens with zero attached hydrogens (tertiary/aromatic N) is 1. The van der Waals surface area contributed by atoms with Gasteiger partial charge in [-0.2, -0.15) is 0 Å². The Kier molecular flexibility index (Phi) is 8.13. The third-order valence-corrected chi connectivity index (χ3v) is 6.17. The second-order valence-corrected chi connectivity index (χ2v) is 9.11. The van der Waals surface area contributed by atoms with Gasteiger partial charge in [-0.05, 0) is 54.2 Å². The number of rotatable bonds is 11. The van der Waals surface area contributed by atoms with E-state index in [4.69, 9.17) is 5.41 Å². The predicted octanol–water partition coefficient (Wildman–Crippen LogP) is 3.38. The standard InChI is InChI=1S/C24H27N5O2S/c1-26-32(30,31)15-14-29-24-10-9-21(20-7-3-2-4-8-20)16-22(24)23(25)11-13-28-18-19-6-5-12-27-17-19/h2-13,16-17,25-26,28-29H,14-15,18H2,1H3/b13-11-,25-23?. The number of benzene rings is 2. The quantitative estimate of drug-likeness (QED) is 0.336. The third kappa shape index (κ3) is 6.76. The minimum Gasteiger partial charge on any atom is -0.387 e. The summed E-state index contributed by atoms with van der Waals surface area (Å²) >= 11 is 0. The van der Waals surface area contributed by atoms with Crippen LogP contribution in [-0.2, 0) is 16.6 Å². The average molecular weight is 450 g/mol. The molecule has 0 saturated carbocycles. The van der Waals surface area contributed by atoms with Gasteiger partial charge in [0.05, 0.1) is 11.5 Å². The van der Waals surface area contributed by atoms with Crippen molar-refractivity contribution in [3.63, 3.8) is 0 Å². The van der Waals surface area contributed by atoms with Gasteiger partial charge in [0, 0.05) is 36.7 Å². The molecule has 0 fully saturated rings. The van der Waals surface area contributed by atoms with Gasteiger partial charge in [0.15, 0.2) is 0 Å². The van der Waals surface area contributed by atoms with Gasteiger partial charge in [-0.25, -0.2) is 13.1 Å². The second-order valence-electron chi connectivity index (χ2n) is 7.07. The maximum absolute atomic E-state index is 11.7. The van der Waals surface area contributed by atoms with Crippen LogP contribution in [0, 0.1) is 5.41 Å². The maximum atomic E-state index is 11.7. The Morgan fingerprint density at radius 3 is 2.59 bits per heavy atom. The minimum atomic E-state index is -3.31. The van der Waals surface area contributed by atoms with E-state index in [1.54, 1.807) is 24.7 Å². The van der Waals surface area contributed by atoms with E-state index in [1.807, 2.05) is 60.7 Å². The van der Waals surface area contributed by atoms with Crippen molar-refractivity contribution in [2.45, 2.75) is 6.54 Å². The molecule has 3 rings (SSSR count). The molecule has 0 spiro atoms. The van der Waals surface area contributed by atoms with E-state index in [-0.39, 0.29) is 12.3 Å². The molecule has 8 heteroatoms. The highest BCUT2D eigenvalue weighted by atomic mass is 32.2. The van der Waals surface area contributed by atoms with Crippen LogP contribution in [0.25, 0.3) is 11.1 Å². The molecule has 7 nitrogen and oxygen atoms in total. The highest BCUT2D eigenvalue weighted by Gasteiger charge is 2.11. The van der Waals surface area contributed by atoms with E-state index in [0.717, 1.165) is 16.7 Å². The molecular weight excluding hydrogens is 422 g/mol. The molecule has 0 atom stereocenters. The van der Waals surface area contributed by atoms with E-state index < -0.39 is 10.0 Å². The van der Waals surface area contributed by atoms with Gasteiger partial charge in [-0.1, -0.05) is 42.5 Å². The summed E-state index contributed by atoms with van der Waals surface area (Å²) in [5.41, 5.74) is 4.77. The summed E-state index contributed by atoms with van der Waals surface area (Å²) in [6.07, 6.45) is 6.94. The second kappa shape index (κ2) is 11.2. The number of anilines is 1. The molecule has 1 aromatic heterocycles. The molecule has 4 N–H and O–H groups in total. The monoisotopic (exact) mass is 449 g/mol. The zero-order chi connectivity index (χ0) is 22.8. The minimum absolute atomic E-state index is 0.0563. The van der Waals surface area contributed by atoms with Crippen LogP contribution in [0.3, 0.4) is 0 Å². The van der Waals surface area contributed by atoms with Crippen LogP contribution >= 0.6 is 0 Å². The smallest absolute Gasteiger partial charge is 0.213 e. The number of pyridine rings is 1. The first-order chi connectivity index (χ1) is 15.5. The first kappa shape index (κ1) is 23.2. The summed E-state index contributed by atoms with van der Waals surface area (Å²) in [6.45, 7) is 0.839. The van der Waals surface area contributed by atoms with Crippen LogP contribution in [0.2, 0.25) is 0 Å². The number of sulfonamides is 1. The number of allylic oxidation sites excluding steroid dienone is 1. The number of nitrogens with one attached hydrogen (secondary N) is 4. The Morgan fingerprint density at radius 1 is 1.06 bits per heavy atom. The van der Waals surface area contributed by atoms with Crippen molar-refractivity contribution < 1.29 is 8.42 Å². The van der Waals surface area contributed by atoms with Crippen LogP contribution < -0.4 is 15.4 Å². The summed E-state index contributed by atoms with van der Waals surface area (Å²) in [6, 6.07) is 19.6. The van der Waals surface area contributed by atoms with Gasteiger partial charge in [-0.15, -0.1) is 0 Å². The van der Waals surface area contributed by atoms with Crippen LogP contribution in [0.4, 0.5) is 5.69 Å². The maximum Gasteiger partial charge on any atom is 0.213 e. The van der Waals surface area contributed by atoms with Crippen LogP contribution in [0.5, 0.6) is 0 Å². The Bertz CT molecular complexity index is 1160. The fourth-order valence-corrected chi connectivity index (χ4v) is 3.64. The van der Waals surface area contributed by atoms with Gasteiger partial charge >= 0.3 is 0 Å². The summed E-state index contributed by atoms with van der Waals surface area (Å²) in [4.78, 5) is 4.09. The predicted molar refractivity (Wildman–Crippen MR) is 130 cm³/mol. The Balaban J connectivity index is 1.77. The normalized spacial score (nSPS) is 11.4. The van der Waals surface area contributed by atoms with Gasteiger partial charge in [0.1, 0.15) is 0 Å². The fraction of sp³-hybridized carbons (Fsp3) is 0.167. The first-order valence-corrected chi connectivity index (χ1v) is 11.9. The van der Waals surface area contributed by atoms with E-state index >= 15 is 0 Å². The molecule has 0 bridgehead atoms. The summed E-state index contributed by atoms with van der Waals surface area (Å²) in [5, 5.41) is 14.9. The lowest BCUT2D eigenvalue weighted by atomic mass is 9.99. The van der Waals surface area contributed by atoms with Gasteiger partial charge in [0.25, 0.3) is 0 Å². The third-order valence-electron chi connectivity index (χ3n) is 4.81. The highest BCUT2D eigenvalue weighted by Crippen LogP contribution is 2.26. The van der Waals surface area contributed by atoms with Crippen molar-refractivity contribution in [2.24, 2.45) is 0 Å². The zero-order valence-electron chi connectivity index (χ0n) is 17.9. The Morgan fingerprint density at radius 2 is 1.88 bits per heavy atom. The highest BCUT2D eigenvalue weighted by molar-refractivity contribution is 7.89. The molecule has 0 aliphatic rings. The van der Waals surface area contributed by atoms with Crippen molar-refractivity contribution in [1.29, 1.82) is 5.41 Å². The number of hydrogen-bond donors (Lipinski definition) is 4. The molecule has 0 radical (unpaired) electrons. The summed E-state index contributed by atoms with van der Waals surface area (Å²) in [5.74, 6) is -0.0563. The average Bonchev–Trinajstić information content (AvgIpc) is 2.83. The molecule has 0 aliphatic carbocycles. The molecule has 2 aromatic carbocycles. The fourth-order valence-electron chi connectivity index (χ4n) is 3.07. The Hall–Kier alpha value is -3.49. The lowest BCUT2D eigenvalue weighted by Crippen LogP contribution is -2.26. The van der Waals surface area contributed by atoms with Gasteiger partial charge < -0.3 is 16.0 Å². The van der Waals surface area contributed by atoms with Gasteiger partial charge in [0.2, 0.25) is 10.0 Å². The van der Waals surface area contributed by atoms with Crippen molar-refractivity contribution in [3.05, 3.63) is 96.5 Å². The molecular formula is C24H27N5O2S. The molecule has 32 heavy (non-hydrogen) atoms. The zero-order valence-corrected chi connectivity index (χ0v) is 18.7. The molecule has 1 heterocycles. The molecule has 0 unspecified atom stereocenters. The lowest BCUT2D eigenvalue weighted by Gasteiger charge is -2.14. The summed E-state index contributed by atoms with van der Waals surface area (Å²) in [7, 11) is -1.92. The topological polar surface area (TPSA) is 107 Å². The molecule has 0 aliphatic heterocycles. The van der Waals surface area contributed by atoms with Crippen molar-refractivity contribution in [3.8, 4) is 11.1 Å². The van der Waals surface area contributed by atoms with Gasteiger partial charge in [-0.3, -0.25) is 4.98 Å². The molecule has 3 aromatic rings. The van der Waals surface area contributed by atoms with E-state index in [1.165, 1.54) is 7.05 Å². The van der Waals surface area contributed by atoms with Crippen LogP contribution in [-0.4, -0.2) is 38.5 Å². The van der Waals surface area contributed by atoms with Crippen molar-refractivity contribution in [1.82, 2.24) is 15.0 Å². The SMILES string of the molecule is CNS(=O)(=O)CCNc1ccc(-c2ccccc2)cc1C(=N)/C=C\NCc1cccnc1. The molecule has 0 saturated heterocycles. The van der Waals surface area contributed by atoms with Crippen molar-refractivity contribution >= 4 is 21.4 Å². The summed E-state index contributed by atoms with van der Waals surface area (Å²) < 4.78 is 25.8.